The van der Waals surface area contributed by atoms with E-state index in [9.17, 15) is 14.0 Å². The van der Waals surface area contributed by atoms with Gasteiger partial charge in [0.2, 0.25) is 5.91 Å². The van der Waals surface area contributed by atoms with Gasteiger partial charge in [-0.3, -0.25) is 9.59 Å². The summed E-state index contributed by atoms with van der Waals surface area (Å²) >= 11 is 5.38. The zero-order valence-electron chi connectivity index (χ0n) is 9.78. The van der Waals surface area contributed by atoms with Crippen molar-refractivity contribution < 1.29 is 18.7 Å². The van der Waals surface area contributed by atoms with Crippen LogP contribution in [-0.2, 0) is 14.3 Å². The summed E-state index contributed by atoms with van der Waals surface area (Å²) in [4.78, 5) is 22.5. The van der Waals surface area contributed by atoms with E-state index in [1.54, 1.807) is 6.07 Å². The molecule has 0 fully saturated rings. The molecule has 1 amide bonds. The molecule has 1 aromatic carbocycles. The lowest BCUT2D eigenvalue weighted by molar-refractivity contribution is -0.141. The lowest BCUT2D eigenvalue weighted by atomic mass is 10.0. The maximum absolute atomic E-state index is 13.1. The summed E-state index contributed by atoms with van der Waals surface area (Å²) in [5.74, 6) is -1.61. The normalized spacial score (nSPS) is 11.7. The number of alkyl halides is 1. The molecule has 0 aliphatic rings. The summed E-state index contributed by atoms with van der Waals surface area (Å²) in [6.45, 7) is 0. The number of benzene rings is 1. The topological polar surface area (TPSA) is 55.4 Å². The van der Waals surface area contributed by atoms with Crippen LogP contribution in [0, 0.1) is 5.82 Å². The van der Waals surface area contributed by atoms with Crippen LogP contribution in [0.15, 0.2) is 24.3 Å². The molecule has 0 aromatic heterocycles. The Bertz CT molecular complexity index is 421. The Morgan fingerprint density at radius 3 is 2.78 bits per heavy atom. The number of ether oxygens (including phenoxy) is 1. The number of methoxy groups -OCH3 is 1. The van der Waals surface area contributed by atoms with Gasteiger partial charge in [0.15, 0.2) is 0 Å². The summed E-state index contributed by atoms with van der Waals surface area (Å²) in [6.07, 6.45) is -0.0808. The molecular weight excluding hydrogens is 261 g/mol. The third kappa shape index (κ3) is 4.33. The molecule has 0 radical (unpaired) electrons. The number of carbonyl (C=O) groups excluding carboxylic acids is 2. The molecule has 0 unspecified atom stereocenters. The molecule has 0 spiro atoms. The van der Waals surface area contributed by atoms with Gasteiger partial charge >= 0.3 is 5.97 Å². The van der Waals surface area contributed by atoms with Crippen LogP contribution in [0.25, 0.3) is 0 Å². The molecule has 1 rings (SSSR count). The average molecular weight is 274 g/mol. The standard InChI is InChI=1S/C12H13ClFNO3/c1-18-12(17)6-10(15-11(16)7-13)8-3-2-4-9(14)5-8/h2-5,10H,6-7H2,1H3,(H,15,16)/t10-/m1/s1. The molecule has 0 heterocycles. The molecule has 4 nitrogen and oxygen atoms in total. The molecule has 0 saturated carbocycles. The molecule has 98 valence electrons. The third-order valence-corrected chi connectivity index (χ3v) is 2.55. The monoisotopic (exact) mass is 273 g/mol. The van der Waals surface area contributed by atoms with Crippen LogP contribution in [0.1, 0.15) is 18.0 Å². The van der Waals surface area contributed by atoms with Crippen LogP contribution in [0.2, 0.25) is 0 Å². The molecule has 1 N–H and O–H groups in total. The van der Waals surface area contributed by atoms with Gasteiger partial charge < -0.3 is 10.1 Å². The molecular formula is C12H13ClFNO3. The molecule has 0 aliphatic heterocycles. The van der Waals surface area contributed by atoms with Crippen molar-refractivity contribution in [2.24, 2.45) is 0 Å². The summed E-state index contributed by atoms with van der Waals surface area (Å²) in [5.41, 5.74) is 0.485. The summed E-state index contributed by atoms with van der Waals surface area (Å²) in [5, 5.41) is 2.54. The zero-order valence-corrected chi connectivity index (χ0v) is 10.5. The minimum Gasteiger partial charge on any atom is -0.469 e. The molecule has 6 heteroatoms. The SMILES string of the molecule is COC(=O)C[C@@H](NC(=O)CCl)c1cccc(F)c1. The smallest absolute Gasteiger partial charge is 0.307 e. The fraction of sp³-hybridized carbons (Fsp3) is 0.333. The number of amides is 1. The Morgan fingerprint density at radius 1 is 1.50 bits per heavy atom. The highest BCUT2D eigenvalue weighted by molar-refractivity contribution is 6.27. The Labute approximate surface area is 109 Å². The predicted molar refractivity (Wildman–Crippen MR) is 64.6 cm³/mol. The molecule has 18 heavy (non-hydrogen) atoms. The van der Waals surface area contributed by atoms with Crippen molar-refractivity contribution in [1.29, 1.82) is 0 Å². The maximum Gasteiger partial charge on any atom is 0.307 e. The van der Waals surface area contributed by atoms with Gasteiger partial charge in [0.25, 0.3) is 0 Å². The maximum atomic E-state index is 13.1. The second kappa shape index (κ2) is 6.96. The molecule has 1 aromatic rings. The van der Waals surface area contributed by atoms with Crippen molar-refractivity contribution in [3.63, 3.8) is 0 Å². The second-order valence-electron chi connectivity index (χ2n) is 3.59. The minimum absolute atomic E-state index is 0.0808. The van der Waals surface area contributed by atoms with Crippen molar-refractivity contribution in [1.82, 2.24) is 5.32 Å². The number of carbonyl (C=O) groups is 2. The number of esters is 1. The molecule has 0 bridgehead atoms. The van der Waals surface area contributed by atoms with Gasteiger partial charge in [-0.25, -0.2) is 4.39 Å². The van der Waals surface area contributed by atoms with Gasteiger partial charge in [-0.2, -0.15) is 0 Å². The highest BCUT2D eigenvalue weighted by Gasteiger charge is 2.18. The van der Waals surface area contributed by atoms with Crippen LogP contribution in [0.5, 0.6) is 0 Å². The van der Waals surface area contributed by atoms with E-state index in [1.165, 1.54) is 25.3 Å². The highest BCUT2D eigenvalue weighted by Crippen LogP contribution is 2.18. The van der Waals surface area contributed by atoms with Crippen molar-refractivity contribution in [2.75, 3.05) is 13.0 Å². The predicted octanol–water partition coefficient (Wildman–Crippen LogP) is 1.78. The minimum atomic E-state index is -0.653. The Hall–Kier alpha value is -1.62. The Morgan fingerprint density at radius 2 is 2.22 bits per heavy atom. The first kappa shape index (κ1) is 14.4. The lowest BCUT2D eigenvalue weighted by Crippen LogP contribution is -2.31. The third-order valence-electron chi connectivity index (χ3n) is 2.31. The Kier molecular flexibility index (Phi) is 5.58. The number of hydrogen-bond donors (Lipinski definition) is 1. The number of hydrogen-bond acceptors (Lipinski definition) is 3. The number of halogens is 2. The van der Waals surface area contributed by atoms with Gasteiger partial charge in [0, 0.05) is 0 Å². The first-order valence-electron chi connectivity index (χ1n) is 5.24. The van der Waals surface area contributed by atoms with E-state index in [0.717, 1.165) is 0 Å². The first-order chi connectivity index (χ1) is 8.56. The van der Waals surface area contributed by atoms with E-state index in [1.807, 2.05) is 0 Å². The lowest BCUT2D eigenvalue weighted by Gasteiger charge is -2.17. The first-order valence-corrected chi connectivity index (χ1v) is 5.78. The van der Waals surface area contributed by atoms with E-state index in [2.05, 4.69) is 10.1 Å². The van der Waals surface area contributed by atoms with E-state index in [-0.39, 0.29) is 12.3 Å². The second-order valence-corrected chi connectivity index (χ2v) is 3.86. The van der Waals surface area contributed by atoms with Crippen molar-refractivity contribution in [3.8, 4) is 0 Å². The summed E-state index contributed by atoms with van der Waals surface area (Å²) in [7, 11) is 1.24. The summed E-state index contributed by atoms with van der Waals surface area (Å²) in [6, 6.07) is 5.00. The fourth-order valence-electron chi connectivity index (χ4n) is 1.46. The van der Waals surface area contributed by atoms with Crippen LogP contribution < -0.4 is 5.32 Å². The van der Waals surface area contributed by atoms with Crippen molar-refractivity contribution in [3.05, 3.63) is 35.6 Å². The van der Waals surface area contributed by atoms with Crippen LogP contribution in [0.3, 0.4) is 0 Å². The van der Waals surface area contributed by atoms with Gasteiger partial charge in [0.05, 0.1) is 19.6 Å². The fourth-order valence-corrected chi connectivity index (χ4v) is 1.54. The van der Waals surface area contributed by atoms with E-state index < -0.39 is 23.7 Å². The Balaban J connectivity index is 2.88. The summed E-state index contributed by atoms with van der Waals surface area (Å²) < 4.78 is 17.6. The van der Waals surface area contributed by atoms with Gasteiger partial charge in [-0.05, 0) is 17.7 Å². The highest BCUT2D eigenvalue weighted by atomic mass is 35.5. The largest absolute Gasteiger partial charge is 0.469 e. The molecule has 0 saturated heterocycles. The van der Waals surface area contributed by atoms with E-state index >= 15 is 0 Å². The zero-order chi connectivity index (χ0) is 13.5. The van der Waals surface area contributed by atoms with Gasteiger partial charge in [0.1, 0.15) is 11.7 Å². The number of rotatable bonds is 5. The average Bonchev–Trinajstić information content (AvgIpc) is 2.37. The quantitative estimate of drug-likeness (QED) is 0.657. The molecule has 0 aliphatic carbocycles. The van der Waals surface area contributed by atoms with Crippen molar-refractivity contribution >= 4 is 23.5 Å². The molecule has 1 atom stereocenters. The van der Waals surface area contributed by atoms with Gasteiger partial charge in [-0.1, -0.05) is 12.1 Å². The van der Waals surface area contributed by atoms with E-state index in [4.69, 9.17) is 11.6 Å². The van der Waals surface area contributed by atoms with E-state index in [0.29, 0.717) is 5.56 Å². The van der Waals surface area contributed by atoms with Crippen LogP contribution in [0.4, 0.5) is 4.39 Å². The number of nitrogens with one attached hydrogen (secondary N) is 1. The van der Waals surface area contributed by atoms with Gasteiger partial charge in [-0.15, -0.1) is 11.6 Å². The van der Waals surface area contributed by atoms with Crippen molar-refractivity contribution in [2.45, 2.75) is 12.5 Å². The van der Waals surface area contributed by atoms with Crippen LogP contribution in [-0.4, -0.2) is 24.9 Å². The van der Waals surface area contributed by atoms with Crippen LogP contribution >= 0.6 is 11.6 Å².